The Morgan fingerprint density at radius 3 is 2.29 bits per heavy atom. The average molecular weight is 489 g/mol. The van der Waals surface area contributed by atoms with Gasteiger partial charge in [0.05, 0.1) is 15.9 Å². The molecule has 0 fully saturated rings. The molecule has 0 atom stereocenters. The minimum atomic E-state index is -3.42. The van der Waals surface area contributed by atoms with Gasteiger partial charge in [0.15, 0.2) is 9.84 Å². The van der Waals surface area contributed by atoms with E-state index in [2.05, 4.69) is 0 Å². The number of halogens is 1. The van der Waals surface area contributed by atoms with Crippen molar-refractivity contribution < 1.29 is 13.2 Å². The lowest BCUT2D eigenvalue weighted by Crippen LogP contribution is -2.11. The first-order valence-electron chi connectivity index (χ1n) is 10.6. The van der Waals surface area contributed by atoms with Gasteiger partial charge in [0.2, 0.25) is 5.91 Å². The van der Waals surface area contributed by atoms with Gasteiger partial charge in [-0.25, -0.2) is 8.42 Å². The Morgan fingerprint density at radius 1 is 0.882 bits per heavy atom. The van der Waals surface area contributed by atoms with E-state index in [1.807, 2.05) is 65.2 Å². The number of carbonyl (C=O) groups is 1. The fourth-order valence-corrected chi connectivity index (χ4v) is 5.57. The summed E-state index contributed by atoms with van der Waals surface area (Å²) >= 11 is 6.06. The Bertz CT molecular complexity index is 1690. The molecule has 1 amide bonds. The van der Waals surface area contributed by atoms with Crippen LogP contribution in [0.3, 0.4) is 0 Å². The topological polar surface area (TPSA) is 82.2 Å². The van der Waals surface area contributed by atoms with Gasteiger partial charge in [-0.2, -0.15) is 0 Å². The van der Waals surface area contributed by atoms with Crippen LogP contribution in [0.5, 0.6) is 0 Å². The van der Waals surface area contributed by atoms with E-state index in [1.165, 1.54) is 6.26 Å². The molecular formula is C27H21ClN2O3S. The zero-order chi connectivity index (χ0) is 24.0. The minimum absolute atomic E-state index is 0.282. The zero-order valence-corrected chi connectivity index (χ0v) is 19.9. The van der Waals surface area contributed by atoms with Crippen LogP contribution < -0.4 is 5.73 Å². The van der Waals surface area contributed by atoms with E-state index in [0.717, 1.165) is 32.9 Å². The first-order chi connectivity index (χ1) is 16.2. The van der Waals surface area contributed by atoms with Crippen LogP contribution in [0.25, 0.3) is 32.9 Å². The summed E-state index contributed by atoms with van der Waals surface area (Å²) in [5.74, 6) is -0.511. The summed E-state index contributed by atoms with van der Waals surface area (Å²) in [6.07, 6.45) is 1.21. The molecule has 0 spiro atoms. The van der Waals surface area contributed by atoms with Gasteiger partial charge < -0.3 is 10.3 Å². The van der Waals surface area contributed by atoms with E-state index >= 15 is 0 Å². The van der Waals surface area contributed by atoms with Gasteiger partial charge in [-0.05, 0) is 53.1 Å². The lowest BCUT2D eigenvalue weighted by Gasteiger charge is -2.12. The summed E-state index contributed by atoms with van der Waals surface area (Å²) in [5, 5.41) is 2.28. The van der Waals surface area contributed by atoms with Crippen LogP contribution in [-0.4, -0.2) is 25.1 Å². The molecule has 170 valence electrons. The van der Waals surface area contributed by atoms with Crippen molar-refractivity contribution in [2.45, 2.75) is 11.4 Å². The Balaban J connectivity index is 1.82. The number of fused-ring (bicyclic) bond motifs is 3. The molecule has 0 aliphatic heterocycles. The standard InChI is InChI=1S/C27H21ClN2O3S/c1-34(32,33)25-8-3-2-5-19(25)16-30-23-7-4-6-22(27(29)31)26(23)21-14-11-18(15-24(21)30)17-9-12-20(28)13-10-17/h2-15H,16H2,1H3,(H2,29,31). The lowest BCUT2D eigenvalue weighted by atomic mass is 10.0. The highest BCUT2D eigenvalue weighted by Crippen LogP contribution is 2.35. The number of hydrogen-bond donors (Lipinski definition) is 1. The summed E-state index contributed by atoms with van der Waals surface area (Å²) in [7, 11) is -3.42. The van der Waals surface area contributed by atoms with Crippen LogP contribution in [0.4, 0.5) is 0 Å². The largest absolute Gasteiger partial charge is 0.366 e. The van der Waals surface area contributed by atoms with Crippen molar-refractivity contribution in [3.05, 3.63) is 101 Å². The number of hydrogen-bond acceptors (Lipinski definition) is 3. The van der Waals surface area contributed by atoms with Gasteiger partial charge in [0.1, 0.15) is 0 Å². The van der Waals surface area contributed by atoms with E-state index in [-0.39, 0.29) is 4.90 Å². The summed E-state index contributed by atoms with van der Waals surface area (Å²) in [4.78, 5) is 12.5. The highest BCUT2D eigenvalue weighted by molar-refractivity contribution is 7.90. The summed E-state index contributed by atoms with van der Waals surface area (Å²) in [6, 6.07) is 26.0. The van der Waals surface area contributed by atoms with Crippen molar-refractivity contribution in [2.75, 3.05) is 6.26 Å². The number of nitrogens with zero attached hydrogens (tertiary/aromatic N) is 1. The molecule has 1 heterocycles. The van der Waals surface area contributed by atoms with E-state index in [4.69, 9.17) is 17.3 Å². The molecular weight excluding hydrogens is 468 g/mol. The fraction of sp³-hybridized carbons (Fsp3) is 0.0741. The maximum atomic E-state index is 12.4. The molecule has 5 aromatic rings. The third-order valence-corrected chi connectivity index (χ3v) is 7.48. The van der Waals surface area contributed by atoms with Crippen molar-refractivity contribution in [3.63, 3.8) is 0 Å². The maximum Gasteiger partial charge on any atom is 0.249 e. The van der Waals surface area contributed by atoms with Gasteiger partial charge in [0.25, 0.3) is 0 Å². The number of amides is 1. The Hall–Kier alpha value is -3.61. The Morgan fingerprint density at radius 2 is 1.59 bits per heavy atom. The van der Waals surface area contributed by atoms with Gasteiger partial charge in [0, 0.05) is 34.2 Å². The molecule has 0 bridgehead atoms. The minimum Gasteiger partial charge on any atom is -0.366 e. The number of primary amides is 1. The monoisotopic (exact) mass is 488 g/mol. The molecule has 0 saturated heterocycles. The second-order valence-electron chi connectivity index (χ2n) is 8.27. The number of nitrogens with two attached hydrogens (primary N) is 1. The van der Waals surface area contributed by atoms with Crippen molar-refractivity contribution >= 4 is 49.2 Å². The van der Waals surface area contributed by atoms with Crippen LogP contribution >= 0.6 is 11.6 Å². The lowest BCUT2D eigenvalue weighted by molar-refractivity contribution is 0.100. The summed E-state index contributed by atoms with van der Waals surface area (Å²) < 4.78 is 26.9. The highest BCUT2D eigenvalue weighted by Gasteiger charge is 2.19. The molecule has 1 aromatic heterocycles. The first-order valence-corrected chi connectivity index (χ1v) is 12.9. The highest BCUT2D eigenvalue weighted by atomic mass is 35.5. The fourth-order valence-electron chi connectivity index (χ4n) is 4.51. The zero-order valence-electron chi connectivity index (χ0n) is 18.3. The molecule has 5 nitrogen and oxygen atoms in total. The number of carbonyl (C=O) groups excluding carboxylic acids is 1. The molecule has 4 aromatic carbocycles. The molecule has 0 aliphatic carbocycles. The second kappa shape index (κ2) is 8.31. The molecule has 0 unspecified atom stereocenters. The molecule has 2 N–H and O–H groups in total. The molecule has 34 heavy (non-hydrogen) atoms. The summed E-state index contributed by atoms with van der Waals surface area (Å²) in [5.41, 5.74) is 10.5. The first kappa shape index (κ1) is 22.2. The van der Waals surface area contributed by atoms with Crippen LogP contribution in [-0.2, 0) is 16.4 Å². The molecule has 0 radical (unpaired) electrons. The van der Waals surface area contributed by atoms with Crippen LogP contribution in [0, 0.1) is 0 Å². The second-order valence-corrected chi connectivity index (χ2v) is 10.7. The predicted octanol–water partition coefficient (Wildman–Crippen LogP) is 5.67. The number of sulfone groups is 1. The van der Waals surface area contributed by atoms with Gasteiger partial charge in [-0.3, -0.25) is 4.79 Å². The van der Waals surface area contributed by atoms with Gasteiger partial charge in [-0.1, -0.05) is 60.1 Å². The predicted molar refractivity (Wildman–Crippen MR) is 137 cm³/mol. The van der Waals surface area contributed by atoms with Gasteiger partial charge >= 0.3 is 0 Å². The van der Waals surface area contributed by atoms with Crippen LogP contribution in [0.15, 0.2) is 89.8 Å². The Labute approximate surface area is 202 Å². The third-order valence-electron chi connectivity index (χ3n) is 6.03. The van der Waals surface area contributed by atoms with Crippen molar-refractivity contribution in [1.82, 2.24) is 4.57 Å². The SMILES string of the molecule is CS(=O)(=O)c1ccccc1Cn1c2cc(-c3ccc(Cl)cc3)ccc2c2c(C(N)=O)cccc21. The quantitative estimate of drug-likeness (QED) is 0.346. The number of benzene rings is 4. The van der Waals surface area contributed by atoms with Crippen LogP contribution in [0.1, 0.15) is 15.9 Å². The van der Waals surface area contributed by atoms with Crippen molar-refractivity contribution in [2.24, 2.45) is 5.73 Å². The average Bonchev–Trinajstić information content (AvgIpc) is 3.12. The number of aromatic nitrogens is 1. The van der Waals surface area contributed by atoms with Crippen molar-refractivity contribution in [3.8, 4) is 11.1 Å². The summed E-state index contributed by atoms with van der Waals surface area (Å²) in [6.45, 7) is 0.315. The number of rotatable bonds is 5. The van der Waals surface area contributed by atoms with E-state index in [1.54, 1.807) is 24.3 Å². The van der Waals surface area contributed by atoms with E-state index < -0.39 is 15.7 Å². The molecule has 5 rings (SSSR count). The molecule has 0 saturated carbocycles. The van der Waals surface area contributed by atoms with Crippen molar-refractivity contribution in [1.29, 1.82) is 0 Å². The van der Waals surface area contributed by atoms with E-state index in [0.29, 0.717) is 22.7 Å². The normalized spacial score (nSPS) is 11.8. The van der Waals surface area contributed by atoms with Crippen LogP contribution in [0.2, 0.25) is 5.02 Å². The molecule has 0 aliphatic rings. The third kappa shape index (κ3) is 3.85. The van der Waals surface area contributed by atoms with E-state index in [9.17, 15) is 13.2 Å². The smallest absolute Gasteiger partial charge is 0.249 e. The Kier molecular flexibility index (Phi) is 5.42. The maximum absolute atomic E-state index is 12.4. The van der Waals surface area contributed by atoms with Gasteiger partial charge in [-0.15, -0.1) is 0 Å². The molecule has 7 heteroatoms.